The van der Waals surface area contributed by atoms with E-state index in [0.29, 0.717) is 15.0 Å². The van der Waals surface area contributed by atoms with E-state index < -0.39 is 27.9 Å². The molecular weight excluding hydrogens is 400 g/mol. The van der Waals surface area contributed by atoms with Crippen LogP contribution in [0.25, 0.3) is 0 Å². The zero-order valence-electron chi connectivity index (χ0n) is 15.8. The second kappa shape index (κ2) is 7.56. The Hall–Kier alpha value is -2.38. The summed E-state index contributed by atoms with van der Waals surface area (Å²) in [6.45, 7) is 5.50. The van der Waals surface area contributed by atoms with Crippen molar-refractivity contribution in [3.63, 3.8) is 0 Å². The fourth-order valence-electron chi connectivity index (χ4n) is 3.08. The number of sulfonamides is 1. The van der Waals surface area contributed by atoms with E-state index in [0.717, 1.165) is 16.7 Å². The first-order valence-electron chi connectivity index (χ1n) is 8.83. The van der Waals surface area contributed by atoms with Crippen LogP contribution >= 0.6 is 11.6 Å². The molecule has 8 heteroatoms. The van der Waals surface area contributed by atoms with Gasteiger partial charge in [-0.2, -0.15) is 0 Å². The second-order valence-electron chi connectivity index (χ2n) is 6.95. The predicted octanol–water partition coefficient (Wildman–Crippen LogP) is 3.58. The molecule has 2 amide bonds. The van der Waals surface area contributed by atoms with E-state index in [1.165, 1.54) is 12.1 Å². The fourth-order valence-corrected chi connectivity index (χ4v) is 4.95. The molecule has 2 aromatic carbocycles. The monoisotopic (exact) mass is 420 g/mol. The van der Waals surface area contributed by atoms with Crippen molar-refractivity contribution < 1.29 is 18.0 Å². The van der Waals surface area contributed by atoms with Crippen LogP contribution in [0.15, 0.2) is 41.3 Å². The number of hydrogen-bond donors (Lipinski definition) is 1. The molecule has 1 N–H and O–H groups in total. The highest BCUT2D eigenvalue weighted by Gasteiger charge is 2.44. The Bertz CT molecular complexity index is 1070. The van der Waals surface area contributed by atoms with Gasteiger partial charge >= 0.3 is 0 Å². The Balaban J connectivity index is 1.90. The van der Waals surface area contributed by atoms with Gasteiger partial charge in [-0.3, -0.25) is 9.59 Å². The molecule has 1 atom stereocenters. The summed E-state index contributed by atoms with van der Waals surface area (Å²) < 4.78 is 26.9. The number of nitrogens with one attached hydrogen (secondary N) is 1. The number of halogens is 1. The number of nitrogens with zero attached hydrogens (tertiary/aromatic N) is 1. The molecule has 1 aliphatic heterocycles. The Morgan fingerprint density at radius 2 is 1.75 bits per heavy atom. The van der Waals surface area contributed by atoms with Crippen molar-refractivity contribution in [1.29, 1.82) is 0 Å². The number of hydrogen-bond acceptors (Lipinski definition) is 4. The van der Waals surface area contributed by atoms with E-state index >= 15 is 0 Å². The highest BCUT2D eigenvalue weighted by molar-refractivity contribution is 7.89. The van der Waals surface area contributed by atoms with Crippen molar-refractivity contribution in [3.05, 3.63) is 58.1 Å². The Morgan fingerprint density at radius 3 is 2.39 bits per heavy atom. The van der Waals surface area contributed by atoms with Gasteiger partial charge in [-0.1, -0.05) is 23.7 Å². The van der Waals surface area contributed by atoms with Crippen LogP contribution in [-0.2, 0) is 19.6 Å². The first-order valence-corrected chi connectivity index (χ1v) is 10.6. The number of anilines is 1. The van der Waals surface area contributed by atoms with E-state index in [1.54, 1.807) is 31.2 Å². The Labute approximate surface area is 169 Å². The number of benzene rings is 2. The molecule has 6 nitrogen and oxygen atoms in total. The zero-order valence-corrected chi connectivity index (χ0v) is 17.4. The average Bonchev–Trinajstić information content (AvgIpc) is 3.03. The van der Waals surface area contributed by atoms with Gasteiger partial charge in [-0.15, -0.1) is 0 Å². The van der Waals surface area contributed by atoms with Crippen molar-refractivity contribution in [2.45, 2.75) is 44.6 Å². The highest BCUT2D eigenvalue weighted by Crippen LogP contribution is 2.29. The minimum Gasteiger partial charge on any atom is -0.324 e. The molecule has 28 heavy (non-hydrogen) atoms. The third-order valence-electron chi connectivity index (χ3n) is 4.94. The van der Waals surface area contributed by atoms with Crippen LogP contribution in [0.1, 0.15) is 29.5 Å². The lowest BCUT2D eigenvalue weighted by Crippen LogP contribution is -2.45. The van der Waals surface area contributed by atoms with Crippen molar-refractivity contribution in [2.75, 3.05) is 5.32 Å². The molecule has 1 aliphatic rings. The van der Waals surface area contributed by atoms with Crippen molar-refractivity contribution in [1.82, 2.24) is 4.31 Å². The molecular formula is C20H21ClN2O4S. The molecule has 0 bridgehead atoms. The summed E-state index contributed by atoms with van der Waals surface area (Å²) >= 11 is 6.08. The number of aryl methyl sites for hydroxylation is 3. The van der Waals surface area contributed by atoms with Crippen molar-refractivity contribution in [3.8, 4) is 0 Å². The molecule has 0 radical (unpaired) electrons. The lowest BCUT2D eigenvalue weighted by Gasteiger charge is -2.24. The van der Waals surface area contributed by atoms with E-state index in [4.69, 9.17) is 11.6 Å². The lowest BCUT2D eigenvalue weighted by molar-refractivity contribution is -0.128. The molecule has 0 spiro atoms. The molecule has 0 unspecified atom stereocenters. The minimum atomic E-state index is -4.13. The molecule has 148 valence electrons. The summed E-state index contributed by atoms with van der Waals surface area (Å²) in [5.41, 5.74) is 3.04. The first kappa shape index (κ1) is 20.4. The summed E-state index contributed by atoms with van der Waals surface area (Å²) in [6, 6.07) is 8.58. The summed E-state index contributed by atoms with van der Waals surface area (Å²) in [5, 5.41) is 3.15. The summed E-state index contributed by atoms with van der Waals surface area (Å²) in [7, 11) is -4.13. The van der Waals surface area contributed by atoms with Gasteiger partial charge in [0.15, 0.2) is 0 Å². The van der Waals surface area contributed by atoms with Crippen LogP contribution in [-0.4, -0.2) is 30.6 Å². The standard InChI is InChI=1S/C20H21ClN2O4S/c1-12-5-7-16(10-14(12)3)28(26,27)23-18(8-9-19(23)24)20(25)22-15-6-4-13(2)17(21)11-15/h4-7,10-11,18H,8-9H2,1-3H3,(H,22,25)/t18-/m1/s1. The van der Waals surface area contributed by atoms with Crippen LogP contribution in [0.3, 0.4) is 0 Å². The summed E-state index contributed by atoms with van der Waals surface area (Å²) in [5.74, 6) is -1.14. The van der Waals surface area contributed by atoms with Gasteiger partial charge in [0.1, 0.15) is 6.04 Å². The van der Waals surface area contributed by atoms with E-state index in [1.807, 2.05) is 13.8 Å². The van der Waals surface area contributed by atoms with Gasteiger partial charge in [0, 0.05) is 17.1 Å². The van der Waals surface area contributed by atoms with E-state index in [2.05, 4.69) is 5.32 Å². The lowest BCUT2D eigenvalue weighted by atomic mass is 10.1. The minimum absolute atomic E-state index is 0.00188. The van der Waals surface area contributed by atoms with Gasteiger partial charge in [0.25, 0.3) is 10.0 Å². The fraction of sp³-hybridized carbons (Fsp3) is 0.300. The molecule has 0 saturated carbocycles. The molecule has 1 saturated heterocycles. The van der Waals surface area contributed by atoms with Gasteiger partial charge in [0.2, 0.25) is 11.8 Å². The molecule has 1 fully saturated rings. The number of carbonyl (C=O) groups excluding carboxylic acids is 2. The topological polar surface area (TPSA) is 83.6 Å². The molecule has 3 rings (SSSR count). The zero-order chi connectivity index (χ0) is 20.6. The van der Waals surface area contributed by atoms with Gasteiger partial charge in [-0.05, 0) is 68.1 Å². The third kappa shape index (κ3) is 3.77. The maximum absolute atomic E-state index is 13.1. The van der Waals surface area contributed by atoms with Gasteiger partial charge in [0.05, 0.1) is 4.90 Å². The largest absolute Gasteiger partial charge is 0.324 e. The molecule has 1 heterocycles. The third-order valence-corrected chi connectivity index (χ3v) is 7.17. The predicted molar refractivity (Wildman–Crippen MR) is 108 cm³/mol. The quantitative estimate of drug-likeness (QED) is 0.819. The molecule has 0 aliphatic carbocycles. The summed E-state index contributed by atoms with van der Waals surface area (Å²) in [4.78, 5) is 25.1. The maximum Gasteiger partial charge on any atom is 0.267 e. The van der Waals surface area contributed by atoms with E-state index in [-0.39, 0.29) is 17.7 Å². The maximum atomic E-state index is 13.1. The number of carbonyl (C=O) groups is 2. The first-order chi connectivity index (χ1) is 13.1. The number of rotatable bonds is 4. The van der Waals surface area contributed by atoms with Crippen molar-refractivity contribution >= 4 is 39.1 Å². The normalized spacial score (nSPS) is 17.1. The highest BCUT2D eigenvalue weighted by atomic mass is 35.5. The van der Waals surface area contributed by atoms with Crippen LogP contribution < -0.4 is 5.32 Å². The Morgan fingerprint density at radius 1 is 1.07 bits per heavy atom. The number of amides is 2. The van der Waals surface area contributed by atoms with E-state index in [9.17, 15) is 18.0 Å². The van der Waals surface area contributed by atoms with Crippen LogP contribution in [0.2, 0.25) is 5.02 Å². The van der Waals surface area contributed by atoms with Crippen LogP contribution in [0, 0.1) is 20.8 Å². The van der Waals surface area contributed by atoms with Crippen LogP contribution in [0.4, 0.5) is 5.69 Å². The Kier molecular flexibility index (Phi) is 5.50. The average molecular weight is 421 g/mol. The smallest absolute Gasteiger partial charge is 0.267 e. The summed E-state index contributed by atoms with van der Waals surface area (Å²) in [6.07, 6.45) is 0.130. The molecule has 0 aromatic heterocycles. The van der Waals surface area contributed by atoms with Crippen molar-refractivity contribution in [2.24, 2.45) is 0 Å². The second-order valence-corrected chi connectivity index (χ2v) is 9.17. The van der Waals surface area contributed by atoms with Gasteiger partial charge in [-0.25, -0.2) is 12.7 Å². The molecule has 2 aromatic rings. The van der Waals surface area contributed by atoms with Crippen LogP contribution in [0.5, 0.6) is 0 Å². The SMILES string of the molecule is Cc1ccc(S(=O)(=O)N2C(=O)CC[C@@H]2C(=O)Nc2ccc(C)c(Cl)c2)cc1C. The van der Waals surface area contributed by atoms with Gasteiger partial charge < -0.3 is 5.32 Å².